The number of hydrogen-bond acceptors (Lipinski definition) is 1. The van der Waals surface area contributed by atoms with E-state index in [2.05, 4.69) is 29.5 Å². The summed E-state index contributed by atoms with van der Waals surface area (Å²) >= 11 is 12.0. The van der Waals surface area contributed by atoms with Gasteiger partial charge in [-0.25, -0.2) is 0 Å². The van der Waals surface area contributed by atoms with E-state index in [1.807, 2.05) is 17.7 Å². The van der Waals surface area contributed by atoms with Crippen molar-refractivity contribution in [3.8, 4) is 0 Å². The van der Waals surface area contributed by atoms with Crippen LogP contribution in [-0.2, 0) is 13.6 Å². The number of aromatic nitrogens is 1. The Kier molecular flexibility index (Phi) is 8.85. The molecule has 0 spiro atoms. The van der Waals surface area contributed by atoms with E-state index in [0.717, 1.165) is 18.2 Å². The van der Waals surface area contributed by atoms with E-state index in [9.17, 15) is 0 Å². The molecular formula is C12H21Cl2IN4. The molecule has 0 saturated carbocycles. The summed E-state index contributed by atoms with van der Waals surface area (Å²) in [6, 6.07) is 1.85. The highest BCUT2D eigenvalue weighted by molar-refractivity contribution is 14.0. The van der Waals surface area contributed by atoms with Crippen molar-refractivity contribution in [3.05, 3.63) is 21.9 Å². The van der Waals surface area contributed by atoms with Gasteiger partial charge in [0.15, 0.2) is 5.96 Å². The largest absolute Gasteiger partial charge is 0.356 e. The van der Waals surface area contributed by atoms with Gasteiger partial charge in [0, 0.05) is 26.3 Å². The van der Waals surface area contributed by atoms with Gasteiger partial charge in [-0.3, -0.25) is 4.99 Å². The summed E-state index contributed by atoms with van der Waals surface area (Å²) in [4.78, 5) is 4.15. The van der Waals surface area contributed by atoms with E-state index in [0.29, 0.717) is 22.6 Å². The van der Waals surface area contributed by atoms with Gasteiger partial charge >= 0.3 is 0 Å². The molecule has 1 aromatic rings. The summed E-state index contributed by atoms with van der Waals surface area (Å²) in [5, 5.41) is 7.59. The smallest absolute Gasteiger partial charge is 0.191 e. The van der Waals surface area contributed by atoms with E-state index in [1.165, 1.54) is 0 Å². The van der Waals surface area contributed by atoms with Gasteiger partial charge in [0.05, 0.1) is 11.6 Å². The van der Waals surface area contributed by atoms with Gasteiger partial charge in [-0.2, -0.15) is 0 Å². The number of aliphatic imine (C=N–C) groups is 1. The number of guanidine groups is 1. The van der Waals surface area contributed by atoms with Crippen molar-refractivity contribution in [1.82, 2.24) is 15.2 Å². The van der Waals surface area contributed by atoms with Crippen LogP contribution in [0.1, 0.15) is 19.5 Å². The summed E-state index contributed by atoms with van der Waals surface area (Å²) in [5.74, 6) is 1.35. The molecule has 1 rings (SSSR count). The summed E-state index contributed by atoms with van der Waals surface area (Å²) in [6.07, 6.45) is 0. The third-order valence-electron chi connectivity index (χ3n) is 2.55. The average Bonchev–Trinajstić information content (AvgIpc) is 2.57. The second-order valence-electron chi connectivity index (χ2n) is 4.53. The van der Waals surface area contributed by atoms with E-state index in [4.69, 9.17) is 23.2 Å². The van der Waals surface area contributed by atoms with Crippen LogP contribution in [0.15, 0.2) is 11.1 Å². The second kappa shape index (κ2) is 8.92. The zero-order valence-electron chi connectivity index (χ0n) is 11.6. The molecule has 0 atom stereocenters. The molecule has 0 aromatic carbocycles. The van der Waals surface area contributed by atoms with Crippen molar-refractivity contribution in [2.45, 2.75) is 20.4 Å². The predicted molar refractivity (Wildman–Crippen MR) is 93.9 cm³/mol. The van der Waals surface area contributed by atoms with E-state index >= 15 is 0 Å². The van der Waals surface area contributed by atoms with Crippen LogP contribution >= 0.6 is 47.2 Å². The van der Waals surface area contributed by atoms with Crippen LogP contribution in [0.25, 0.3) is 0 Å². The molecule has 0 amide bonds. The fourth-order valence-electron chi connectivity index (χ4n) is 1.45. The molecule has 0 aliphatic carbocycles. The molecule has 1 heterocycles. The van der Waals surface area contributed by atoms with Crippen LogP contribution in [0, 0.1) is 5.92 Å². The molecule has 1 aromatic heterocycles. The first-order valence-corrected chi connectivity index (χ1v) is 6.65. The highest BCUT2D eigenvalue weighted by Gasteiger charge is 2.09. The van der Waals surface area contributed by atoms with Gasteiger partial charge in [-0.1, -0.05) is 37.0 Å². The zero-order chi connectivity index (χ0) is 13.7. The molecule has 7 heteroatoms. The summed E-state index contributed by atoms with van der Waals surface area (Å²) in [6.45, 7) is 5.81. The van der Waals surface area contributed by atoms with Gasteiger partial charge in [0.2, 0.25) is 0 Å². The SMILES string of the molecule is CN=C(NCc1cc(Cl)c(Cl)n1C)NCC(C)C.I. The van der Waals surface area contributed by atoms with E-state index in [-0.39, 0.29) is 24.0 Å². The normalized spacial score (nSPS) is 11.4. The van der Waals surface area contributed by atoms with Crippen molar-refractivity contribution in [2.24, 2.45) is 18.0 Å². The number of halogens is 3. The first-order valence-electron chi connectivity index (χ1n) is 5.89. The third-order valence-corrected chi connectivity index (χ3v) is 3.40. The molecule has 19 heavy (non-hydrogen) atoms. The second-order valence-corrected chi connectivity index (χ2v) is 5.30. The van der Waals surface area contributed by atoms with Crippen LogP contribution in [0.5, 0.6) is 0 Å². The maximum absolute atomic E-state index is 6.01. The van der Waals surface area contributed by atoms with Crippen LogP contribution < -0.4 is 10.6 Å². The Labute approximate surface area is 142 Å². The summed E-state index contributed by atoms with van der Waals surface area (Å²) in [5.41, 5.74) is 1.01. The standard InChI is InChI=1S/C12H20Cl2N4.HI/c1-8(2)6-16-12(15-3)17-7-9-5-10(13)11(14)18(9)4;/h5,8H,6-7H2,1-4H3,(H2,15,16,17);1H. The van der Waals surface area contributed by atoms with E-state index in [1.54, 1.807) is 7.05 Å². The van der Waals surface area contributed by atoms with Crippen LogP contribution in [0.2, 0.25) is 10.2 Å². The Bertz CT molecular complexity index is 430. The average molecular weight is 419 g/mol. The van der Waals surface area contributed by atoms with Gasteiger partial charge in [0.25, 0.3) is 0 Å². The molecular weight excluding hydrogens is 398 g/mol. The van der Waals surface area contributed by atoms with Crippen molar-refractivity contribution >= 4 is 53.1 Å². The quantitative estimate of drug-likeness (QED) is 0.447. The van der Waals surface area contributed by atoms with Gasteiger partial charge in [0.1, 0.15) is 5.15 Å². The predicted octanol–water partition coefficient (Wildman–Crippen LogP) is 3.27. The molecule has 0 unspecified atom stereocenters. The Balaban J connectivity index is 0.00000324. The molecule has 0 fully saturated rings. The molecule has 2 N–H and O–H groups in total. The summed E-state index contributed by atoms with van der Waals surface area (Å²) < 4.78 is 1.85. The minimum atomic E-state index is 0. The lowest BCUT2D eigenvalue weighted by Crippen LogP contribution is -2.38. The first kappa shape index (κ1) is 18.9. The molecule has 0 aliphatic rings. The number of hydrogen-bond donors (Lipinski definition) is 2. The van der Waals surface area contributed by atoms with Crippen molar-refractivity contribution in [2.75, 3.05) is 13.6 Å². The fraction of sp³-hybridized carbons (Fsp3) is 0.583. The molecule has 4 nitrogen and oxygen atoms in total. The Morgan fingerprint density at radius 1 is 1.37 bits per heavy atom. The monoisotopic (exact) mass is 418 g/mol. The molecule has 0 bridgehead atoms. The fourth-order valence-corrected chi connectivity index (χ4v) is 1.87. The highest BCUT2D eigenvalue weighted by Crippen LogP contribution is 2.24. The molecule has 110 valence electrons. The molecule has 0 saturated heterocycles. The summed E-state index contributed by atoms with van der Waals surface area (Å²) in [7, 11) is 3.64. The lowest BCUT2D eigenvalue weighted by atomic mass is 10.2. The lowest BCUT2D eigenvalue weighted by Gasteiger charge is -2.13. The van der Waals surface area contributed by atoms with Crippen LogP contribution in [0.4, 0.5) is 0 Å². The van der Waals surface area contributed by atoms with Gasteiger partial charge in [-0.05, 0) is 12.0 Å². The minimum absolute atomic E-state index is 0. The van der Waals surface area contributed by atoms with Crippen LogP contribution in [0.3, 0.4) is 0 Å². The highest BCUT2D eigenvalue weighted by atomic mass is 127. The Morgan fingerprint density at radius 2 is 2.00 bits per heavy atom. The van der Waals surface area contributed by atoms with Crippen molar-refractivity contribution in [3.63, 3.8) is 0 Å². The van der Waals surface area contributed by atoms with Crippen molar-refractivity contribution in [1.29, 1.82) is 0 Å². The van der Waals surface area contributed by atoms with Gasteiger partial charge in [-0.15, -0.1) is 24.0 Å². The number of nitrogens with zero attached hydrogens (tertiary/aromatic N) is 2. The van der Waals surface area contributed by atoms with E-state index < -0.39 is 0 Å². The van der Waals surface area contributed by atoms with Crippen molar-refractivity contribution < 1.29 is 0 Å². The molecule has 0 aliphatic heterocycles. The zero-order valence-corrected chi connectivity index (χ0v) is 15.5. The topological polar surface area (TPSA) is 41.4 Å². The maximum Gasteiger partial charge on any atom is 0.191 e. The Morgan fingerprint density at radius 3 is 2.42 bits per heavy atom. The Hall–Kier alpha value is -0.140. The molecule has 0 radical (unpaired) electrons. The number of nitrogens with one attached hydrogen (secondary N) is 2. The minimum Gasteiger partial charge on any atom is -0.356 e. The van der Waals surface area contributed by atoms with Gasteiger partial charge < -0.3 is 15.2 Å². The maximum atomic E-state index is 6.01. The van der Waals surface area contributed by atoms with Crippen LogP contribution in [-0.4, -0.2) is 24.1 Å². The lowest BCUT2D eigenvalue weighted by molar-refractivity contribution is 0.613. The third kappa shape index (κ3) is 5.79. The number of rotatable bonds is 4. The first-order chi connectivity index (χ1) is 8.45.